The zero-order valence-corrected chi connectivity index (χ0v) is 15.7. The van der Waals surface area contributed by atoms with Gasteiger partial charge in [-0.2, -0.15) is 0 Å². The number of hydrogen-bond donors (Lipinski definition) is 1. The van der Waals surface area contributed by atoms with Gasteiger partial charge in [0.25, 0.3) is 0 Å². The van der Waals surface area contributed by atoms with Crippen LogP contribution in [0.4, 0.5) is 5.69 Å². The first-order valence-corrected chi connectivity index (χ1v) is 9.32. The summed E-state index contributed by atoms with van der Waals surface area (Å²) in [6, 6.07) is 28.6. The van der Waals surface area contributed by atoms with Gasteiger partial charge in [0.2, 0.25) is 0 Å². The maximum absolute atomic E-state index is 4.69. The van der Waals surface area contributed by atoms with Crippen molar-refractivity contribution < 1.29 is 0 Å². The average molecular weight is 363 g/mol. The van der Waals surface area contributed by atoms with Crippen LogP contribution in [0.25, 0.3) is 0 Å². The summed E-state index contributed by atoms with van der Waals surface area (Å²) < 4.78 is 0. The van der Waals surface area contributed by atoms with E-state index < -0.39 is 0 Å². The SMILES string of the molecule is CC1C=C(N=Cc2ccc(C#Cc3ccccc3)cc2)N(c2ccccc2)N1. The highest BCUT2D eigenvalue weighted by Gasteiger charge is 2.20. The van der Waals surface area contributed by atoms with E-state index in [0.717, 1.165) is 28.2 Å². The van der Waals surface area contributed by atoms with E-state index in [1.165, 1.54) is 0 Å². The number of anilines is 1. The Hall–Kier alpha value is -3.61. The third kappa shape index (κ3) is 4.37. The maximum atomic E-state index is 4.69. The van der Waals surface area contributed by atoms with Crippen molar-refractivity contribution in [2.24, 2.45) is 4.99 Å². The molecule has 1 N–H and O–H groups in total. The number of benzene rings is 3. The minimum Gasteiger partial charge on any atom is -0.259 e. The smallest absolute Gasteiger partial charge is 0.145 e. The summed E-state index contributed by atoms with van der Waals surface area (Å²) in [6.45, 7) is 2.11. The van der Waals surface area contributed by atoms with Crippen molar-refractivity contribution in [2.75, 3.05) is 5.01 Å². The molecule has 0 saturated heterocycles. The molecule has 1 atom stereocenters. The third-order valence-corrected chi connectivity index (χ3v) is 4.36. The van der Waals surface area contributed by atoms with Crippen LogP contribution < -0.4 is 10.4 Å². The van der Waals surface area contributed by atoms with Gasteiger partial charge in [-0.15, -0.1) is 0 Å². The van der Waals surface area contributed by atoms with Crippen LogP contribution in [-0.2, 0) is 0 Å². The van der Waals surface area contributed by atoms with Crippen LogP contribution in [0.3, 0.4) is 0 Å². The van der Waals surface area contributed by atoms with Gasteiger partial charge in [-0.25, -0.2) is 10.4 Å². The van der Waals surface area contributed by atoms with Crippen molar-refractivity contribution in [1.29, 1.82) is 0 Å². The zero-order valence-electron chi connectivity index (χ0n) is 15.7. The van der Waals surface area contributed by atoms with Crippen molar-refractivity contribution in [3.8, 4) is 11.8 Å². The zero-order chi connectivity index (χ0) is 19.2. The van der Waals surface area contributed by atoms with Gasteiger partial charge in [-0.1, -0.05) is 60.4 Å². The van der Waals surface area contributed by atoms with Gasteiger partial charge in [0.05, 0.1) is 5.69 Å². The number of rotatable bonds is 3. The molecule has 0 aromatic heterocycles. The van der Waals surface area contributed by atoms with Crippen molar-refractivity contribution in [3.63, 3.8) is 0 Å². The highest BCUT2D eigenvalue weighted by molar-refractivity contribution is 5.81. The fraction of sp³-hybridized carbons (Fsp3) is 0.0800. The van der Waals surface area contributed by atoms with Gasteiger partial charge >= 0.3 is 0 Å². The van der Waals surface area contributed by atoms with Crippen molar-refractivity contribution in [1.82, 2.24) is 5.43 Å². The Kier molecular flexibility index (Phi) is 5.33. The predicted molar refractivity (Wildman–Crippen MR) is 116 cm³/mol. The fourth-order valence-corrected chi connectivity index (χ4v) is 2.95. The minimum absolute atomic E-state index is 0.239. The minimum atomic E-state index is 0.239. The maximum Gasteiger partial charge on any atom is 0.145 e. The lowest BCUT2D eigenvalue weighted by atomic mass is 10.1. The van der Waals surface area contributed by atoms with Gasteiger partial charge in [-0.05, 0) is 55.0 Å². The highest BCUT2D eigenvalue weighted by atomic mass is 15.6. The second-order valence-electron chi connectivity index (χ2n) is 6.61. The highest BCUT2D eigenvalue weighted by Crippen LogP contribution is 2.22. The van der Waals surface area contributed by atoms with Gasteiger partial charge in [0.1, 0.15) is 5.82 Å². The molecule has 1 aliphatic rings. The summed E-state index contributed by atoms with van der Waals surface area (Å²) >= 11 is 0. The second-order valence-corrected chi connectivity index (χ2v) is 6.61. The first-order valence-electron chi connectivity index (χ1n) is 9.32. The normalized spacial score (nSPS) is 16.0. The van der Waals surface area contributed by atoms with Crippen LogP contribution in [0.1, 0.15) is 23.6 Å². The summed E-state index contributed by atoms with van der Waals surface area (Å²) in [7, 11) is 0. The molecular formula is C25H21N3. The first-order chi connectivity index (χ1) is 13.8. The lowest BCUT2D eigenvalue weighted by Gasteiger charge is -2.20. The Labute approximate surface area is 166 Å². The van der Waals surface area contributed by atoms with Crippen LogP contribution in [0.2, 0.25) is 0 Å². The van der Waals surface area contributed by atoms with E-state index >= 15 is 0 Å². The third-order valence-electron chi connectivity index (χ3n) is 4.36. The summed E-state index contributed by atoms with van der Waals surface area (Å²) in [5, 5.41) is 2.01. The van der Waals surface area contributed by atoms with E-state index in [-0.39, 0.29) is 6.04 Å². The Balaban J connectivity index is 1.47. The molecule has 28 heavy (non-hydrogen) atoms. The van der Waals surface area contributed by atoms with E-state index in [1.807, 2.05) is 84.0 Å². The number of hydrogen-bond acceptors (Lipinski definition) is 3. The average Bonchev–Trinajstić information content (AvgIpc) is 3.13. The Morgan fingerprint density at radius 1 is 0.821 bits per heavy atom. The topological polar surface area (TPSA) is 27.6 Å². The molecular weight excluding hydrogens is 342 g/mol. The molecule has 3 aromatic carbocycles. The lowest BCUT2D eigenvalue weighted by molar-refractivity contribution is 0.673. The molecule has 136 valence electrons. The molecule has 4 rings (SSSR count). The Morgan fingerprint density at radius 3 is 2.11 bits per heavy atom. The van der Waals surface area contributed by atoms with E-state index in [2.05, 4.69) is 47.4 Å². The van der Waals surface area contributed by atoms with Crippen molar-refractivity contribution in [3.05, 3.63) is 114 Å². The van der Waals surface area contributed by atoms with Crippen LogP contribution in [0.15, 0.2) is 102 Å². The van der Waals surface area contributed by atoms with E-state index in [0.29, 0.717) is 0 Å². The number of aliphatic imine (C=N–C) groups is 1. The molecule has 1 unspecified atom stereocenters. The van der Waals surface area contributed by atoms with E-state index in [4.69, 9.17) is 0 Å². The lowest BCUT2D eigenvalue weighted by Crippen LogP contribution is -2.35. The van der Waals surface area contributed by atoms with Crippen molar-refractivity contribution in [2.45, 2.75) is 13.0 Å². The molecule has 0 amide bonds. The van der Waals surface area contributed by atoms with Crippen LogP contribution in [-0.4, -0.2) is 12.3 Å². The fourth-order valence-electron chi connectivity index (χ4n) is 2.95. The van der Waals surface area contributed by atoms with Crippen molar-refractivity contribution >= 4 is 11.9 Å². The number of hydrazine groups is 1. The summed E-state index contributed by atoms with van der Waals surface area (Å²) in [5.74, 6) is 7.27. The van der Waals surface area contributed by atoms with Crippen LogP contribution in [0, 0.1) is 11.8 Å². The molecule has 1 heterocycles. The molecule has 1 aliphatic heterocycles. The van der Waals surface area contributed by atoms with Gasteiger partial charge in [-0.3, -0.25) is 5.01 Å². The molecule has 0 saturated carbocycles. The summed E-state index contributed by atoms with van der Waals surface area (Å²) in [5.41, 5.74) is 7.52. The largest absolute Gasteiger partial charge is 0.259 e. The molecule has 3 nitrogen and oxygen atoms in total. The number of nitrogens with zero attached hydrogens (tertiary/aromatic N) is 2. The quantitative estimate of drug-likeness (QED) is 0.537. The predicted octanol–water partition coefficient (Wildman–Crippen LogP) is 4.76. The number of para-hydroxylation sites is 1. The molecule has 3 aromatic rings. The van der Waals surface area contributed by atoms with Crippen LogP contribution in [0.5, 0.6) is 0 Å². The molecule has 0 fully saturated rings. The van der Waals surface area contributed by atoms with E-state index in [9.17, 15) is 0 Å². The van der Waals surface area contributed by atoms with Gasteiger partial charge < -0.3 is 0 Å². The molecule has 0 spiro atoms. The van der Waals surface area contributed by atoms with Gasteiger partial charge in [0, 0.05) is 23.4 Å². The Bertz CT molecular complexity index is 1040. The molecule has 0 bridgehead atoms. The van der Waals surface area contributed by atoms with E-state index in [1.54, 1.807) is 0 Å². The summed E-state index contributed by atoms with van der Waals surface area (Å²) in [4.78, 5) is 4.69. The number of nitrogens with one attached hydrogen (secondary N) is 1. The Morgan fingerprint density at radius 2 is 1.43 bits per heavy atom. The van der Waals surface area contributed by atoms with Gasteiger partial charge in [0.15, 0.2) is 0 Å². The molecule has 3 heteroatoms. The molecule has 0 radical (unpaired) electrons. The van der Waals surface area contributed by atoms with Crippen LogP contribution >= 0.6 is 0 Å². The second kappa shape index (κ2) is 8.39. The summed E-state index contributed by atoms with van der Waals surface area (Å²) in [6.07, 6.45) is 4.00. The standard InChI is InChI=1S/C25H21N3/c1-20-18-25(28(27-20)24-10-6-3-7-11-24)26-19-23-16-14-22(15-17-23)13-12-21-8-4-2-5-9-21/h2-11,14-20,27H,1H3. The first kappa shape index (κ1) is 17.8. The monoisotopic (exact) mass is 363 g/mol. The molecule has 0 aliphatic carbocycles.